The summed E-state index contributed by atoms with van der Waals surface area (Å²) in [6, 6.07) is 24.2. The van der Waals surface area contributed by atoms with Crippen LogP contribution in [0.1, 0.15) is 29.7 Å². The van der Waals surface area contributed by atoms with Crippen LogP contribution in [-0.4, -0.2) is 23.0 Å². The lowest BCUT2D eigenvalue weighted by molar-refractivity contribution is -0.123. The Morgan fingerprint density at radius 1 is 0.971 bits per heavy atom. The molecule has 6 nitrogen and oxygen atoms in total. The molecule has 1 heterocycles. The van der Waals surface area contributed by atoms with Gasteiger partial charge in [0.15, 0.2) is 0 Å². The summed E-state index contributed by atoms with van der Waals surface area (Å²) in [7, 11) is 0. The molecule has 4 rings (SSSR count). The number of hydrogen-bond acceptors (Lipinski definition) is 3. The van der Waals surface area contributed by atoms with Crippen molar-refractivity contribution >= 4 is 45.5 Å². The van der Waals surface area contributed by atoms with Crippen molar-refractivity contribution in [2.24, 2.45) is 0 Å². The SMILES string of the molecule is C[C@@H](NC(=O)[C@H](Cc1c[nH]c2cc(I)ccc12)NC(=O)OCc1ccccc1)c1ccccc1. The molecule has 34 heavy (non-hydrogen) atoms. The van der Waals surface area contributed by atoms with Gasteiger partial charge in [0.05, 0.1) is 6.04 Å². The number of fused-ring (bicyclic) bond motifs is 1. The van der Waals surface area contributed by atoms with E-state index in [0.29, 0.717) is 6.42 Å². The average Bonchev–Trinajstić information content (AvgIpc) is 3.25. The second kappa shape index (κ2) is 11.2. The molecule has 2 amide bonds. The number of carbonyl (C=O) groups is 2. The van der Waals surface area contributed by atoms with E-state index in [1.807, 2.05) is 92.0 Å². The van der Waals surface area contributed by atoms with E-state index in [-0.39, 0.29) is 18.6 Å². The molecule has 0 aliphatic rings. The molecule has 0 aliphatic carbocycles. The molecule has 0 spiro atoms. The zero-order valence-corrected chi connectivity index (χ0v) is 20.9. The van der Waals surface area contributed by atoms with Gasteiger partial charge >= 0.3 is 6.09 Å². The molecule has 0 unspecified atom stereocenters. The number of amides is 2. The van der Waals surface area contributed by atoms with Gasteiger partial charge in [-0.25, -0.2) is 4.79 Å². The summed E-state index contributed by atoms with van der Waals surface area (Å²) >= 11 is 2.26. The second-order valence-electron chi connectivity index (χ2n) is 8.11. The maximum atomic E-state index is 13.3. The van der Waals surface area contributed by atoms with Gasteiger partial charge in [0.2, 0.25) is 5.91 Å². The highest BCUT2D eigenvalue weighted by Crippen LogP contribution is 2.22. The van der Waals surface area contributed by atoms with E-state index in [1.165, 1.54) is 0 Å². The van der Waals surface area contributed by atoms with Crippen LogP contribution in [0.4, 0.5) is 4.79 Å². The van der Waals surface area contributed by atoms with Crippen LogP contribution in [0.25, 0.3) is 10.9 Å². The normalized spacial score (nSPS) is 12.6. The van der Waals surface area contributed by atoms with E-state index in [2.05, 4.69) is 38.2 Å². The maximum absolute atomic E-state index is 13.3. The highest BCUT2D eigenvalue weighted by atomic mass is 127. The van der Waals surface area contributed by atoms with Crippen molar-refractivity contribution in [3.8, 4) is 0 Å². The highest BCUT2D eigenvalue weighted by Gasteiger charge is 2.25. The fourth-order valence-electron chi connectivity index (χ4n) is 3.80. The minimum Gasteiger partial charge on any atom is -0.445 e. The summed E-state index contributed by atoms with van der Waals surface area (Å²) in [5.74, 6) is -0.270. The molecule has 0 aliphatic heterocycles. The van der Waals surface area contributed by atoms with Gasteiger partial charge < -0.3 is 20.4 Å². The van der Waals surface area contributed by atoms with Crippen LogP contribution in [0.3, 0.4) is 0 Å². The van der Waals surface area contributed by atoms with Crippen LogP contribution in [0, 0.1) is 3.57 Å². The molecule has 7 heteroatoms. The maximum Gasteiger partial charge on any atom is 0.408 e. The zero-order valence-electron chi connectivity index (χ0n) is 18.8. The van der Waals surface area contributed by atoms with Crippen molar-refractivity contribution in [2.75, 3.05) is 0 Å². The molecule has 0 bridgehead atoms. The summed E-state index contributed by atoms with van der Waals surface area (Å²) < 4.78 is 6.50. The van der Waals surface area contributed by atoms with Gasteiger partial charge in [0, 0.05) is 27.1 Å². The number of alkyl carbamates (subject to hydrolysis) is 1. The average molecular weight is 567 g/mol. The van der Waals surface area contributed by atoms with Crippen molar-refractivity contribution in [1.82, 2.24) is 15.6 Å². The summed E-state index contributed by atoms with van der Waals surface area (Å²) in [6.45, 7) is 2.05. The monoisotopic (exact) mass is 567 g/mol. The van der Waals surface area contributed by atoms with Gasteiger partial charge in [0.1, 0.15) is 12.6 Å². The summed E-state index contributed by atoms with van der Waals surface area (Å²) in [4.78, 5) is 29.1. The highest BCUT2D eigenvalue weighted by molar-refractivity contribution is 14.1. The first-order chi connectivity index (χ1) is 16.5. The van der Waals surface area contributed by atoms with Crippen molar-refractivity contribution in [1.29, 1.82) is 0 Å². The van der Waals surface area contributed by atoms with E-state index < -0.39 is 12.1 Å². The minimum atomic E-state index is -0.798. The van der Waals surface area contributed by atoms with E-state index in [9.17, 15) is 9.59 Å². The number of carbonyl (C=O) groups excluding carboxylic acids is 2. The van der Waals surface area contributed by atoms with Crippen LogP contribution in [0.15, 0.2) is 85.1 Å². The fraction of sp³-hybridized carbons (Fsp3) is 0.185. The molecule has 174 valence electrons. The predicted octanol–water partition coefficient (Wildman–Crippen LogP) is 5.49. The molecule has 0 saturated carbocycles. The standard InChI is InChI=1S/C27H26IN3O3/c1-18(20-10-6-3-7-11-20)30-26(32)25(31-27(33)34-17-19-8-4-2-5-9-19)14-21-16-29-24-15-22(28)12-13-23(21)24/h2-13,15-16,18,25,29H,14,17H2,1H3,(H,30,32)(H,31,33)/t18-,25+/m1/s1. The number of aromatic amines is 1. The van der Waals surface area contributed by atoms with E-state index >= 15 is 0 Å². The number of H-pyrrole nitrogens is 1. The Labute approximate surface area is 212 Å². The number of halogens is 1. The third-order valence-electron chi connectivity index (χ3n) is 5.63. The van der Waals surface area contributed by atoms with Crippen LogP contribution in [0.5, 0.6) is 0 Å². The lowest BCUT2D eigenvalue weighted by Gasteiger charge is -2.21. The molecule has 3 N–H and O–H groups in total. The number of nitrogens with one attached hydrogen (secondary N) is 3. The van der Waals surface area contributed by atoms with Crippen LogP contribution < -0.4 is 10.6 Å². The lowest BCUT2D eigenvalue weighted by Crippen LogP contribution is -2.48. The summed E-state index contributed by atoms with van der Waals surface area (Å²) in [5.41, 5.74) is 3.80. The Morgan fingerprint density at radius 2 is 1.68 bits per heavy atom. The van der Waals surface area contributed by atoms with E-state index in [0.717, 1.165) is 31.2 Å². The molecule has 1 aromatic heterocycles. The Hall–Kier alpha value is -3.33. The van der Waals surface area contributed by atoms with Gasteiger partial charge in [-0.15, -0.1) is 0 Å². The first-order valence-electron chi connectivity index (χ1n) is 11.1. The van der Waals surface area contributed by atoms with Gasteiger partial charge in [0.25, 0.3) is 0 Å². The first-order valence-corrected chi connectivity index (χ1v) is 12.2. The van der Waals surface area contributed by atoms with Crippen molar-refractivity contribution in [2.45, 2.75) is 32.0 Å². The molecule has 0 radical (unpaired) electrons. The first kappa shape index (κ1) is 23.8. The van der Waals surface area contributed by atoms with Crippen LogP contribution >= 0.6 is 22.6 Å². The Kier molecular flexibility index (Phi) is 7.84. The molecule has 0 saturated heterocycles. The number of ether oxygens (including phenoxy) is 1. The molecule has 2 atom stereocenters. The van der Waals surface area contributed by atoms with E-state index in [4.69, 9.17) is 4.74 Å². The topological polar surface area (TPSA) is 83.2 Å². The Balaban J connectivity index is 1.49. The van der Waals surface area contributed by atoms with E-state index in [1.54, 1.807) is 0 Å². The van der Waals surface area contributed by atoms with Crippen molar-refractivity contribution < 1.29 is 14.3 Å². The molecule has 4 aromatic rings. The number of hydrogen-bond donors (Lipinski definition) is 3. The molecular formula is C27H26IN3O3. The number of benzene rings is 3. The summed E-state index contributed by atoms with van der Waals surface area (Å²) in [5, 5.41) is 6.82. The van der Waals surface area contributed by atoms with Gasteiger partial charge in [-0.05, 0) is 58.3 Å². The van der Waals surface area contributed by atoms with Crippen LogP contribution in [0.2, 0.25) is 0 Å². The Morgan fingerprint density at radius 3 is 2.41 bits per heavy atom. The third-order valence-corrected chi connectivity index (χ3v) is 6.30. The number of rotatable bonds is 8. The van der Waals surface area contributed by atoms with Gasteiger partial charge in [-0.3, -0.25) is 4.79 Å². The lowest BCUT2D eigenvalue weighted by atomic mass is 10.0. The van der Waals surface area contributed by atoms with Gasteiger partial charge in [-0.1, -0.05) is 66.7 Å². The number of aromatic nitrogens is 1. The fourth-order valence-corrected chi connectivity index (χ4v) is 4.29. The predicted molar refractivity (Wildman–Crippen MR) is 141 cm³/mol. The van der Waals surface area contributed by atoms with Gasteiger partial charge in [-0.2, -0.15) is 0 Å². The third kappa shape index (κ3) is 6.17. The molecular weight excluding hydrogens is 541 g/mol. The van der Waals surface area contributed by atoms with Crippen molar-refractivity contribution in [3.63, 3.8) is 0 Å². The minimum absolute atomic E-state index is 0.132. The largest absolute Gasteiger partial charge is 0.445 e. The zero-order chi connectivity index (χ0) is 23.9. The molecule has 0 fully saturated rings. The second-order valence-corrected chi connectivity index (χ2v) is 9.35. The summed E-state index contributed by atoms with van der Waals surface area (Å²) in [6.07, 6.45) is 1.58. The molecule has 3 aromatic carbocycles. The van der Waals surface area contributed by atoms with Crippen LogP contribution in [-0.2, 0) is 22.6 Å². The quantitative estimate of drug-likeness (QED) is 0.247. The smallest absolute Gasteiger partial charge is 0.408 e. The van der Waals surface area contributed by atoms with Crippen molar-refractivity contribution in [3.05, 3.63) is 105 Å². The Bertz CT molecular complexity index is 1260.